The van der Waals surface area contributed by atoms with Crippen molar-refractivity contribution in [3.05, 3.63) is 69.7 Å². The number of likely N-dealkylation sites (N-methyl/N-ethyl adjacent to an activating group) is 6. The molecule has 22 nitrogen and oxygen atoms in total. The van der Waals surface area contributed by atoms with E-state index in [0.29, 0.717) is 32.1 Å². The lowest BCUT2D eigenvalue weighted by molar-refractivity contribution is -0.150. The molecular weight excluding hydrogens is 1260 g/mol. The van der Waals surface area contributed by atoms with Crippen molar-refractivity contribution in [3.63, 3.8) is 0 Å². The van der Waals surface area contributed by atoms with Gasteiger partial charge < -0.3 is 55.6 Å². The van der Waals surface area contributed by atoms with E-state index in [4.69, 9.17) is 11.6 Å². The number of fused-ring (bicyclic) bond motifs is 1. The molecule has 11 amide bonds. The Morgan fingerprint density at radius 3 is 1.78 bits per heavy atom. The number of benzene rings is 2. The van der Waals surface area contributed by atoms with Crippen LogP contribution in [-0.2, 0) is 77.9 Å². The third kappa shape index (κ3) is 18.3. The summed E-state index contributed by atoms with van der Waals surface area (Å²) in [5.41, 5.74) is -3.28. The second-order valence-electron chi connectivity index (χ2n) is 25.9. The summed E-state index contributed by atoms with van der Waals surface area (Å²) in [4.78, 5) is 167. The Hall–Kier alpha value is -7.52. The molecule has 6 rings (SSSR count). The summed E-state index contributed by atoms with van der Waals surface area (Å²) in [6.45, 7) is 6.49. The first kappa shape index (κ1) is 75.5. The van der Waals surface area contributed by atoms with E-state index in [9.17, 15) is 69.5 Å². The third-order valence-corrected chi connectivity index (χ3v) is 19.6. The maximum absolute atomic E-state index is 15.2. The van der Waals surface area contributed by atoms with Gasteiger partial charge in [-0.25, -0.2) is 0 Å². The lowest BCUT2D eigenvalue weighted by atomic mass is 9.90. The summed E-state index contributed by atoms with van der Waals surface area (Å²) in [7, 11) is 7.86. The highest BCUT2D eigenvalue weighted by Gasteiger charge is 2.50. The van der Waals surface area contributed by atoms with Gasteiger partial charge in [0, 0.05) is 67.7 Å². The second kappa shape index (κ2) is 31.8. The van der Waals surface area contributed by atoms with Gasteiger partial charge in [0.2, 0.25) is 65.0 Å². The maximum atomic E-state index is 15.2. The Kier molecular flexibility index (Phi) is 25.6. The average molecular weight is 1350 g/mol. The number of nitrogens with one attached hydrogen (secondary N) is 4. The molecule has 4 fully saturated rings. The van der Waals surface area contributed by atoms with Crippen LogP contribution in [0, 0.1) is 11.8 Å². The Bertz CT molecular complexity index is 3130. The molecule has 29 heteroatoms. The quantitative estimate of drug-likeness (QED) is 0.245. The standard InChI is InChI=1S/C65H90ClF6N11O11/c1-12-37(2)53-61(93)78(7)35-51(85)77(6)36-52(86)81(10)49(34-42-21-25-44(26-22-42)64(67,68)69)60(92)80(9)40(5)55(87)74-47(28-24-41-23-27-45(46(66)33-41)65(70,71)72)59(91)83-31-17-20-48(83)57(89)76-63(29-15-16-30-63)62(94)82(11)54(43-18-13-14-19-43)58(90)73-38(3)32-50(84)79(8)39(4)56(88)75-53/h21-23,25-27,33,37-40,43,47-49,53-54H,12-20,24,28-32,34-36H2,1-11H3,(H,73,90)(H,74,87)(H,75,88)(H,76,89)/t37-,38+,39-,40+,47-,48?,49-,53-,54-/m0/s1. The first-order chi connectivity index (χ1) is 43.9. The molecule has 9 atom stereocenters. The number of halogens is 7. The van der Waals surface area contributed by atoms with Gasteiger partial charge in [0.25, 0.3) is 0 Å². The van der Waals surface area contributed by atoms with Gasteiger partial charge in [0.1, 0.15) is 47.8 Å². The van der Waals surface area contributed by atoms with Crippen molar-refractivity contribution in [2.45, 2.75) is 197 Å². The molecule has 2 aromatic carbocycles. The zero-order valence-electron chi connectivity index (χ0n) is 55.3. The van der Waals surface area contributed by atoms with E-state index in [1.165, 1.54) is 70.8 Å². The smallest absolute Gasteiger partial charge is 0.351 e. The number of amides is 11. The zero-order chi connectivity index (χ0) is 70.1. The molecule has 2 aliphatic heterocycles. The topological polar surface area (TPSA) is 259 Å². The van der Waals surface area contributed by atoms with Crippen LogP contribution in [0.3, 0.4) is 0 Å². The van der Waals surface area contributed by atoms with Crippen LogP contribution in [0.5, 0.6) is 0 Å². The van der Waals surface area contributed by atoms with Crippen LogP contribution in [0.15, 0.2) is 42.5 Å². The highest BCUT2D eigenvalue weighted by Crippen LogP contribution is 2.38. The molecule has 2 aromatic rings. The van der Waals surface area contributed by atoms with Gasteiger partial charge in [-0.15, -0.1) is 0 Å². The molecular formula is C65H90ClF6N11O11. The van der Waals surface area contributed by atoms with E-state index in [1.807, 2.05) is 0 Å². The van der Waals surface area contributed by atoms with E-state index in [-0.39, 0.29) is 68.5 Å². The van der Waals surface area contributed by atoms with E-state index in [1.54, 1.807) is 20.8 Å². The predicted octanol–water partition coefficient (Wildman–Crippen LogP) is 5.35. The third-order valence-electron chi connectivity index (χ3n) is 19.3. The van der Waals surface area contributed by atoms with Gasteiger partial charge in [0.15, 0.2) is 0 Å². The minimum atomic E-state index is -4.80. The fraction of sp³-hybridized carbons (Fsp3) is 0.646. The molecule has 2 heterocycles. The minimum Gasteiger partial charge on any atom is -0.351 e. The van der Waals surface area contributed by atoms with Crippen molar-refractivity contribution >= 4 is 76.6 Å². The van der Waals surface area contributed by atoms with Crippen LogP contribution in [0.4, 0.5) is 26.3 Å². The first-order valence-electron chi connectivity index (χ1n) is 32.0. The van der Waals surface area contributed by atoms with E-state index in [2.05, 4.69) is 21.3 Å². The molecule has 2 saturated heterocycles. The monoisotopic (exact) mass is 1350 g/mol. The van der Waals surface area contributed by atoms with Gasteiger partial charge in [0.05, 0.1) is 29.2 Å². The van der Waals surface area contributed by atoms with Gasteiger partial charge in [-0.1, -0.05) is 75.8 Å². The zero-order valence-corrected chi connectivity index (χ0v) is 56.1. The fourth-order valence-electron chi connectivity index (χ4n) is 12.8. The van der Waals surface area contributed by atoms with Crippen LogP contribution < -0.4 is 21.3 Å². The molecule has 0 bridgehead atoms. The van der Waals surface area contributed by atoms with Crippen molar-refractivity contribution in [2.24, 2.45) is 11.8 Å². The number of nitrogens with zero attached hydrogens (tertiary/aromatic N) is 7. The molecule has 2 saturated carbocycles. The Balaban J connectivity index is 1.39. The number of carbonyl (C=O) groups excluding carboxylic acids is 11. The molecule has 0 aromatic heterocycles. The SMILES string of the molecule is CC[C@H](C)[C@@H]1NC(=O)[C@H](C)N(C)C(=O)C[C@@H](C)NC(=O)[C@H](C2CCCC2)N(C)C(=O)C2(CCCC2)NC(=O)C2CCCN2C(=O)[C@H](CCc2ccc(C(F)(F)F)c(Cl)c2)NC(=O)[C@@H](C)N(C)C(=O)[C@H](Cc2ccc(C(F)(F)F)cc2)N(C)C(=O)CN(C)C(=O)CN(C)C1=O. The Labute approximate surface area is 549 Å². The summed E-state index contributed by atoms with van der Waals surface area (Å²) in [5.74, 6) is -8.86. The van der Waals surface area contributed by atoms with Crippen molar-refractivity contribution in [1.29, 1.82) is 0 Å². The second-order valence-corrected chi connectivity index (χ2v) is 26.3. The lowest BCUT2D eigenvalue weighted by Crippen LogP contribution is -2.64. The normalized spacial score (nSPS) is 26.4. The fourth-order valence-corrected chi connectivity index (χ4v) is 13.1. The van der Waals surface area contributed by atoms with E-state index < -0.39 is 173 Å². The summed E-state index contributed by atoms with van der Waals surface area (Å²) in [6, 6.07) is -3.29. The van der Waals surface area contributed by atoms with Crippen LogP contribution in [0.2, 0.25) is 5.02 Å². The van der Waals surface area contributed by atoms with Gasteiger partial charge in [-0.2, -0.15) is 26.3 Å². The Morgan fingerprint density at radius 2 is 1.19 bits per heavy atom. The van der Waals surface area contributed by atoms with E-state index in [0.717, 1.165) is 74.9 Å². The Morgan fingerprint density at radius 1 is 0.606 bits per heavy atom. The number of carbonyl (C=O) groups is 11. The highest BCUT2D eigenvalue weighted by atomic mass is 35.5. The largest absolute Gasteiger partial charge is 0.417 e. The number of hydrogen-bond donors (Lipinski definition) is 4. The summed E-state index contributed by atoms with van der Waals surface area (Å²) < 4.78 is 82.6. The molecule has 4 aliphatic rings. The van der Waals surface area contributed by atoms with Crippen molar-refractivity contribution in [1.82, 2.24) is 55.6 Å². The number of aryl methyl sites for hydroxylation is 1. The average Bonchev–Trinajstić information content (AvgIpc) is 1.54. The van der Waals surface area contributed by atoms with Gasteiger partial charge in [-0.05, 0) is 119 Å². The molecule has 520 valence electrons. The number of alkyl halides is 6. The van der Waals surface area contributed by atoms with Crippen LogP contribution >= 0.6 is 11.6 Å². The molecule has 94 heavy (non-hydrogen) atoms. The molecule has 4 N–H and O–H groups in total. The first-order valence-corrected chi connectivity index (χ1v) is 32.4. The number of rotatable bonds is 8. The van der Waals surface area contributed by atoms with Gasteiger partial charge in [-0.3, -0.25) is 52.7 Å². The molecule has 0 radical (unpaired) electrons. The molecule has 2 aliphatic carbocycles. The van der Waals surface area contributed by atoms with Gasteiger partial charge >= 0.3 is 12.4 Å². The maximum Gasteiger partial charge on any atom is 0.417 e. The predicted molar refractivity (Wildman–Crippen MR) is 334 cm³/mol. The van der Waals surface area contributed by atoms with Crippen LogP contribution in [-0.4, -0.2) is 215 Å². The van der Waals surface area contributed by atoms with E-state index >= 15 is 9.59 Å². The van der Waals surface area contributed by atoms with Crippen LogP contribution in [0.1, 0.15) is 140 Å². The molecule has 1 unspecified atom stereocenters. The highest BCUT2D eigenvalue weighted by molar-refractivity contribution is 6.31. The minimum absolute atomic E-state index is 0.0169. The van der Waals surface area contributed by atoms with Crippen molar-refractivity contribution < 1.29 is 79.1 Å². The van der Waals surface area contributed by atoms with Crippen LogP contribution in [0.25, 0.3) is 0 Å². The molecule has 1 spiro atoms. The summed E-state index contributed by atoms with van der Waals surface area (Å²) in [6.07, 6.45) is -5.78. The lowest BCUT2D eigenvalue weighted by Gasteiger charge is -2.40. The van der Waals surface area contributed by atoms with Crippen molar-refractivity contribution in [3.8, 4) is 0 Å². The van der Waals surface area contributed by atoms with Crippen molar-refractivity contribution in [2.75, 3.05) is 61.9 Å². The number of hydrogen-bond acceptors (Lipinski definition) is 11. The summed E-state index contributed by atoms with van der Waals surface area (Å²) in [5, 5.41) is 10.7. The summed E-state index contributed by atoms with van der Waals surface area (Å²) >= 11 is 6.10.